The van der Waals surface area contributed by atoms with Crippen LogP contribution in [0.2, 0.25) is 0 Å². The number of benzene rings is 1. The number of amides is 2. The molecule has 1 aromatic rings. The fraction of sp³-hybridized carbons (Fsp3) is 0.708. The molecular weight excluding hydrogens is 332 g/mol. The summed E-state index contributed by atoms with van der Waals surface area (Å²) in [6.07, 6.45) is 10.8. The lowest BCUT2D eigenvalue weighted by Crippen LogP contribution is -2.38. The van der Waals surface area contributed by atoms with Crippen molar-refractivity contribution in [1.82, 2.24) is 5.32 Å². The molecular formula is C24H44N2O. The van der Waals surface area contributed by atoms with E-state index < -0.39 is 0 Å². The average Bonchev–Trinajstić information content (AvgIpc) is 2.69. The monoisotopic (exact) mass is 376 g/mol. The number of anilines is 1. The molecule has 0 fully saturated rings. The Balaban J connectivity index is 0.00000326. The second-order valence-electron chi connectivity index (χ2n) is 7.31. The van der Waals surface area contributed by atoms with E-state index in [9.17, 15) is 4.79 Å². The Hall–Kier alpha value is -1.51. The number of aryl methyl sites for hydroxylation is 1. The van der Waals surface area contributed by atoms with Gasteiger partial charge in [0.05, 0.1) is 0 Å². The van der Waals surface area contributed by atoms with Gasteiger partial charge in [-0.2, -0.15) is 0 Å². The molecule has 0 aliphatic heterocycles. The molecule has 2 amide bonds. The fourth-order valence-corrected chi connectivity index (χ4v) is 3.02. The van der Waals surface area contributed by atoms with Crippen LogP contribution in [0.5, 0.6) is 0 Å². The predicted octanol–water partition coefficient (Wildman–Crippen LogP) is 7.56. The summed E-state index contributed by atoms with van der Waals surface area (Å²) in [5, 5.41) is 6.06. The van der Waals surface area contributed by atoms with E-state index in [1.165, 1.54) is 37.7 Å². The SMILES string of the molecule is CC.CCCCCCCc1ccc(NC(=O)NC(CC)CC(C)CC)cc1. The molecule has 2 unspecified atom stereocenters. The zero-order valence-electron chi connectivity index (χ0n) is 18.7. The molecule has 27 heavy (non-hydrogen) atoms. The molecule has 0 saturated carbocycles. The van der Waals surface area contributed by atoms with Gasteiger partial charge >= 0.3 is 6.03 Å². The van der Waals surface area contributed by atoms with Crippen molar-refractivity contribution in [2.24, 2.45) is 5.92 Å². The summed E-state index contributed by atoms with van der Waals surface area (Å²) in [7, 11) is 0. The second-order valence-corrected chi connectivity index (χ2v) is 7.31. The molecule has 0 spiro atoms. The third kappa shape index (κ3) is 12.5. The molecule has 0 aromatic heterocycles. The lowest BCUT2D eigenvalue weighted by atomic mass is 9.98. The van der Waals surface area contributed by atoms with Gasteiger partial charge in [-0.15, -0.1) is 0 Å². The van der Waals surface area contributed by atoms with Crippen molar-refractivity contribution in [3.63, 3.8) is 0 Å². The average molecular weight is 377 g/mol. The number of hydrogen-bond acceptors (Lipinski definition) is 1. The van der Waals surface area contributed by atoms with Crippen molar-refractivity contribution >= 4 is 11.7 Å². The van der Waals surface area contributed by atoms with E-state index in [0.717, 1.165) is 31.4 Å². The van der Waals surface area contributed by atoms with Crippen molar-refractivity contribution < 1.29 is 4.79 Å². The third-order valence-corrected chi connectivity index (χ3v) is 4.99. The van der Waals surface area contributed by atoms with E-state index in [4.69, 9.17) is 0 Å². The highest BCUT2D eigenvalue weighted by Gasteiger charge is 2.13. The second kappa shape index (κ2) is 16.6. The Morgan fingerprint density at radius 1 is 0.926 bits per heavy atom. The number of carbonyl (C=O) groups is 1. The maximum atomic E-state index is 12.2. The molecule has 3 heteroatoms. The molecule has 0 bridgehead atoms. The molecule has 156 valence electrons. The van der Waals surface area contributed by atoms with Crippen LogP contribution in [0.15, 0.2) is 24.3 Å². The van der Waals surface area contributed by atoms with Gasteiger partial charge in [0.15, 0.2) is 0 Å². The Bertz CT molecular complexity index is 470. The van der Waals surface area contributed by atoms with Gasteiger partial charge in [-0.25, -0.2) is 4.79 Å². The van der Waals surface area contributed by atoms with Gasteiger partial charge in [-0.1, -0.05) is 85.8 Å². The van der Waals surface area contributed by atoms with Crippen LogP contribution in [0.1, 0.15) is 98.5 Å². The molecule has 0 heterocycles. The van der Waals surface area contributed by atoms with E-state index in [2.05, 4.69) is 50.5 Å². The quantitative estimate of drug-likeness (QED) is 0.363. The van der Waals surface area contributed by atoms with E-state index in [1.54, 1.807) is 0 Å². The van der Waals surface area contributed by atoms with E-state index in [0.29, 0.717) is 5.92 Å². The van der Waals surface area contributed by atoms with Gasteiger partial charge in [0.2, 0.25) is 0 Å². The summed E-state index contributed by atoms with van der Waals surface area (Å²) in [6.45, 7) is 12.8. The van der Waals surface area contributed by atoms with Crippen LogP contribution < -0.4 is 10.6 Å². The summed E-state index contributed by atoms with van der Waals surface area (Å²) >= 11 is 0. The molecule has 1 rings (SSSR count). The Morgan fingerprint density at radius 2 is 1.56 bits per heavy atom. The first-order valence-electron chi connectivity index (χ1n) is 11.2. The lowest BCUT2D eigenvalue weighted by molar-refractivity contribution is 0.245. The maximum Gasteiger partial charge on any atom is 0.319 e. The maximum absolute atomic E-state index is 12.2. The van der Waals surface area contributed by atoms with Gasteiger partial charge in [-0.3, -0.25) is 0 Å². The summed E-state index contributed by atoms with van der Waals surface area (Å²) in [6, 6.07) is 8.44. The van der Waals surface area contributed by atoms with Crippen LogP contribution >= 0.6 is 0 Å². The van der Waals surface area contributed by atoms with Gasteiger partial charge < -0.3 is 10.6 Å². The Morgan fingerprint density at radius 3 is 2.11 bits per heavy atom. The highest BCUT2D eigenvalue weighted by atomic mass is 16.2. The first-order valence-corrected chi connectivity index (χ1v) is 11.2. The van der Waals surface area contributed by atoms with Crippen LogP contribution in [-0.4, -0.2) is 12.1 Å². The number of urea groups is 1. The fourth-order valence-electron chi connectivity index (χ4n) is 3.02. The van der Waals surface area contributed by atoms with Gasteiger partial charge in [0.1, 0.15) is 0 Å². The zero-order chi connectivity index (χ0) is 20.5. The minimum Gasteiger partial charge on any atom is -0.335 e. The molecule has 0 aliphatic carbocycles. The Labute approximate surface area is 168 Å². The molecule has 1 aromatic carbocycles. The summed E-state index contributed by atoms with van der Waals surface area (Å²) in [5.41, 5.74) is 2.22. The number of unbranched alkanes of at least 4 members (excludes halogenated alkanes) is 4. The predicted molar refractivity (Wildman–Crippen MR) is 121 cm³/mol. The van der Waals surface area contributed by atoms with Crippen molar-refractivity contribution in [3.05, 3.63) is 29.8 Å². The van der Waals surface area contributed by atoms with Crippen LogP contribution in [0.25, 0.3) is 0 Å². The first kappa shape index (κ1) is 25.5. The summed E-state index contributed by atoms with van der Waals surface area (Å²) < 4.78 is 0. The van der Waals surface area contributed by atoms with Crippen LogP contribution in [0.3, 0.4) is 0 Å². The normalized spacial score (nSPS) is 12.5. The van der Waals surface area contributed by atoms with Crippen LogP contribution in [0, 0.1) is 5.92 Å². The highest BCUT2D eigenvalue weighted by Crippen LogP contribution is 2.14. The van der Waals surface area contributed by atoms with Crippen molar-refractivity contribution in [3.8, 4) is 0 Å². The van der Waals surface area contributed by atoms with Crippen molar-refractivity contribution in [2.45, 2.75) is 105 Å². The van der Waals surface area contributed by atoms with E-state index >= 15 is 0 Å². The standard InChI is InChI=1S/C22H38N2O.C2H6/c1-5-8-9-10-11-12-19-13-15-21(16-14-19)24-22(25)23-20(7-3)17-18(4)6-2;1-2/h13-16,18,20H,5-12,17H2,1-4H3,(H2,23,24,25);1-2H3. The summed E-state index contributed by atoms with van der Waals surface area (Å²) in [4.78, 5) is 12.2. The topological polar surface area (TPSA) is 41.1 Å². The Kier molecular flexibility index (Phi) is 15.7. The zero-order valence-corrected chi connectivity index (χ0v) is 18.7. The van der Waals surface area contributed by atoms with Gasteiger partial charge in [0, 0.05) is 11.7 Å². The van der Waals surface area contributed by atoms with Gasteiger partial charge in [0.25, 0.3) is 0 Å². The molecule has 0 aliphatic rings. The smallest absolute Gasteiger partial charge is 0.319 e. The number of carbonyl (C=O) groups excluding carboxylic acids is 1. The molecule has 2 N–H and O–H groups in total. The molecule has 3 nitrogen and oxygen atoms in total. The number of nitrogens with one attached hydrogen (secondary N) is 2. The number of rotatable bonds is 12. The van der Waals surface area contributed by atoms with E-state index in [1.807, 2.05) is 26.0 Å². The summed E-state index contributed by atoms with van der Waals surface area (Å²) in [5.74, 6) is 0.641. The largest absolute Gasteiger partial charge is 0.335 e. The molecule has 2 atom stereocenters. The minimum atomic E-state index is -0.0949. The van der Waals surface area contributed by atoms with E-state index in [-0.39, 0.29) is 12.1 Å². The highest BCUT2D eigenvalue weighted by molar-refractivity contribution is 5.89. The third-order valence-electron chi connectivity index (χ3n) is 4.99. The van der Waals surface area contributed by atoms with Gasteiger partial charge in [-0.05, 0) is 49.3 Å². The lowest BCUT2D eigenvalue weighted by Gasteiger charge is -2.20. The van der Waals surface area contributed by atoms with Crippen LogP contribution in [-0.2, 0) is 6.42 Å². The van der Waals surface area contributed by atoms with Crippen molar-refractivity contribution in [2.75, 3.05) is 5.32 Å². The van der Waals surface area contributed by atoms with Crippen LogP contribution in [0.4, 0.5) is 10.5 Å². The number of hydrogen-bond donors (Lipinski definition) is 2. The molecule has 0 radical (unpaired) electrons. The molecule has 0 saturated heterocycles. The first-order chi connectivity index (χ1) is 13.1. The minimum absolute atomic E-state index is 0.0949. The van der Waals surface area contributed by atoms with Crippen molar-refractivity contribution in [1.29, 1.82) is 0 Å².